The first kappa shape index (κ1) is 23.1. The molecule has 0 saturated carbocycles. The van der Waals surface area contributed by atoms with Crippen LogP contribution in [0.25, 0.3) is 0 Å². The van der Waals surface area contributed by atoms with E-state index in [2.05, 4.69) is 22.2 Å². The Morgan fingerprint density at radius 3 is 1.70 bits per heavy atom. The minimum absolute atomic E-state index is 0. The van der Waals surface area contributed by atoms with Crippen LogP contribution in [0.5, 0.6) is 0 Å². The van der Waals surface area contributed by atoms with Crippen LogP contribution in [0.1, 0.15) is 71.1 Å². The van der Waals surface area contributed by atoms with E-state index < -0.39 is 10.4 Å². The van der Waals surface area contributed by atoms with Crippen LogP contribution >= 0.6 is 0 Å². The first-order valence-corrected chi connectivity index (χ1v) is 8.78. The van der Waals surface area contributed by atoms with Crippen molar-refractivity contribution in [3.8, 4) is 0 Å². The van der Waals surface area contributed by atoms with Gasteiger partial charge in [-0.3, -0.25) is 4.18 Å². The fourth-order valence-corrected chi connectivity index (χ4v) is 2.48. The van der Waals surface area contributed by atoms with Gasteiger partial charge >= 0.3 is 40.0 Å². The average Bonchev–Trinajstić information content (AvgIpc) is 2.36. The molecule has 0 N–H and O–H groups in total. The Kier molecular flexibility index (Phi) is 18.8. The van der Waals surface area contributed by atoms with Crippen molar-refractivity contribution in [3.63, 3.8) is 0 Å². The summed E-state index contributed by atoms with van der Waals surface area (Å²) in [4.78, 5) is 0. The zero-order valence-electron chi connectivity index (χ0n) is 13.2. The molecular weight excluding hydrogens is 287 g/mol. The molecule has 0 aliphatic rings. The predicted molar refractivity (Wildman–Crippen MR) is 78.0 cm³/mol. The SMILES string of the molecule is [CH2-]COS(=O)(=O)OCCCCCCCCCCCC.[Na+]. The molecule has 0 aliphatic heterocycles. The van der Waals surface area contributed by atoms with Gasteiger partial charge in [-0.15, -0.1) is 0 Å². The summed E-state index contributed by atoms with van der Waals surface area (Å²) < 4.78 is 31.0. The molecule has 0 aliphatic carbocycles. The number of hydrogen-bond acceptors (Lipinski definition) is 4. The molecule has 0 rings (SSSR count). The van der Waals surface area contributed by atoms with Crippen molar-refractivity contribution in [3.05, 3.63) is 6.92 Å². The molecule has 4 nitrogen and oxygen atoms in total. The third-order valence-corrected chi connectivity index (χ3v) is 3.86. The summed E-state index contributed by atoms with van der Waals surface area (Å²) in [7, 11) is -3.80. The van der Waals surface area contributed by atoms with Gasteiger partial charge in [-0.1, -0.05) is 71.3 Å². The summed E-state index contributed by atoms with van der Waals surface area (Å²) in [6.07, 6.45) is 12.1. The van der Waals surface area contributed by atoms with Gasteiger partial charge in [-0.2, -0.15) is 8.42 Å². The van der Waals surface area contributed by atoms with Crippen molar-refractivity contribution < 1.29 is 46.3 Å². The van der Waals surface area contributed by atoms with Gasteiger partial charge in [0.25, 0.3) is 0 Å². The van der Waals surface area contributed by atoms with Crippen LogP contribution in [-0.4, -0.2) is 21.6 Å². The molecule has 6 heteroatoms. The van der Waals surface area contributed by atoms with Crippen LogP contribution in [-0.2, 0) is 18.8 Å². The Labute approximate surface area is 147 Å². The van der Waals surface area contributed by atoms with E-state index in [1.807, 2.05) is 0 Å². The molecular formula is C14H29NaO4S. The van der Waals surface area contributed by atoms with E-state index >= 15 is 0 Å². The van der Waals surface area contributed by atoms with Crippen LogP contribution in [0.15, 0.2) is 0 Å². The third kappa shape index (κ3) is 16.9. The molecule has 0 saturated heterocycles. The van der Waals surface area contributed by atoms with Gasteiger partial charge in [-0.25, -0.2) is 4.18 Å². The van der Waals surface area contributed by atoms with Crippen LogP contribution in [0.3, 0.4) is 0 Å². The first-order valence-electron chi connectivity index (χ1n) is 7.45. The largest absolute Gasteiger partial charge is 1.00 e. The summed E-state index contributed by atoms with van der Waals surface area (Å²) in [5.41, 5.74) is 0. The smallest absolute Gasteiger partial charge is 0.317 e. The molecule has 0 unspecified atom stereocenters. The van der Waals surface area contributed by atoms with E-state index in [1.54, 1.807) is 0 Å². The quantitative estimate of drug-likeness (QED) is 0.273. The van der Waals surface area contributed by atoms with Crippen LogP contribution in [0.4, 0.5) is 0 Å². The Morgan fingerprint density at radius 1 is 0.800 bits per heavy atom. The standard InChI is InChI=1S/C14H29O4S.Na/c1-3-5-6-7-8-9-10-11-12-13-14-18-19(15,16)17-4-2;/h2-14H2,1H3;/q-1;+1. The first-order chi connectivity index (χ1) is 9.12. The number of hydrogen-bond donors (Lipinski definition) is 0. The second kappa shape index (κ2) is 16.2. The Bertz CT molecular complexity index is 281. The van der Waals surface area contributed by atoms with E-state index in [1.165, 1.54) is 44.9 Å². The molecule has 0 aromatic rings. The fraction of sp³-hybridized carbons (Fsp3) is 0.929. The van der Waals surface area contributed by atoms with Crippen molar-refractivity contribution in [2.24, 2.45) is 0 Å². The number of rotatable bonds is 14. The maximum absolute atomic E-state index is 11.0. The van der Waals surface area contributed by atoms with Gasteiger partial charge in [0.15, 0.2) is 0 Å². The van der Waals surface area contributed by atoms with Crippen molar-refractivity contribution in [1.82, 2.24) is 0 Å². The van der Waals surface area contributed by atoms with Crippen molar-refractivity contribution in [2.45, 2.75) is 71.1 Å². The van der Waals surface area contributed by atoms with E-state index in [9.17, 15) is 8.42 Å². The molecule has 0 spiro atoms. The second-order valence-electron chi connectivity index (χ2n) is 4.73. The summed E-state index contributed by atoms with van der Waals surface area (Å²) in [5, 5.41) is 0. The monoisotopic (exact) mass is 316 g/mol. The zero-order chi connectivity index (χ0) is 14.4. The third-order valence-electron chi connectivity index (χ3n) is 2.95. The van der Waals surface area contributed by atoms with Gasteiger partial charge in [0.05, 0.1) is 6.61 Å². The maximum Gasteiger partial charge on any atom is 1.00 e. The number of unbranched alkanes of at least 4 members (excludes halogenated alkanes) is 9. The molecule has 0 atom stereocenters. The van der Waals surface area contributed by atoms with Gasteiger partial charge < -0.3 is 6.92 Å². The van der Waals surface area contributed by atoms with Crippen LogP contribution < -0.4 is 29.6 Å². The van der Waals surface area contributed by atoms with Gasteiger partial charge in [0.1, 0.15) is 0 Å². The normalized spacial score (nSPS) is 11.3. The Morgan fingerprint density at radius 2 is 1.25 bits per heavy atom. The van der Waals surface area contributed by atoms with E-state index in [4.69, 9.17) is 0 Å². The summed E-state index contributed by atoms with van der Waals surface area (Å²) in [6, 6.07) is 0. The minimum Gasteiger partial charge on any atom is -0.317 e. The van der Waals surface area contributed by atoms with Crippen LogP contribution in [0.2, 0.25) is 0 Å². The molecule has 0 fully saturated rings. The maximum atomic E-state index is 11.0. The topological polar surface area (TPSA) is 52.6 Å². The van der Waals surface area contributed by atoms with Crippen molar-refractivity contribution >= 4 is 10.4 Å². The molecule has 0 bridgehead atoms. The second-order valence-corrected chi connectivity index (χ2v) is 6.02. The summed E-state index contributed by atoms with van der Waals surface area (Å²) >= 11 is 0. The van der Waals surface area contributed by atoms with E-state index in [-0.39, 0.29) is 42.8 Å². The van der Waals surface area contributed by atoms with Crippen molar-refractivity contribution in [2.75, 3.05) is 13.2 Å². The van der Waals surface area contributed by atoms with Crippen LogP contribution in [0, 0.1) is 6.92 Å². The Balaban J connectivity index is 0. The van der Waals surface area contributed by atoms with E-state index in [0.29, 0.717) is 0 Å². The Hall–Kier alpha value is 0.870. The molecule has 116 valence electrons. The average molecular weight is 316 g/mol. The zero-order valence-corrected chi connectivity index (χ0v) is 16.1. The van der Waals surface area contributed by atoms with Gasteiger partial charge in [-0.05, 0) is 6.42 Å². The van der Waals surface area contributed by atoms with Crippen molar-refractivity contribution in [1.29, 1.82) is 0 Å². The fourth-order valence-electron chi connectivity index (χ4n) is 1.89. The molecule has 0 aromatic carbocycles. The van der Waals surface area contributed by atoms with Gasteiger partial charge in [0.2, 0.25) is 0 Å². The molecule has 0 amide bonds. The molecule has 20 heavy (non-hydrogen) atoms. The summed E-state index contributed by atoms with van der Waals surface area (Å²) in [6.45, 7) is 5.60. The molecule has 0 heterocycles. The minimum atomic E-state index is -3.80. The summed E-state index contributed by atoms with van der Waals surface area (Å²) in [5.74, 6) is 0. The van der Waals surface area contributed by atoms with Gasteiger partial charge in [0, 0.05) is 0 Å². The molecule has 0 aromatic heterocycles. The predicted octanol–water partition coefficient (Wildman–Crippen LogP) is 1.02. The molecule has 0 radical (unpaired) electrons. The van der Waals surface area contributed by atoms with E-state index in [0.717, 1.165) is 19.3 Å².